The maximum atomic E-state index is 14.5. The number of anilines is 1. The Morgan fingerprint density at radius 3 is 2.18 bits per heavy atom. The summed E-state index contributed by atoms with van der Waals surface area (Å²) in [6.07, 6.45) is -0.847. The largest absolute Gasteiger partial charge is 0.462 e. The van der Waals surface area contributed by atoms with Gasteiger partial charge in [0.2, 0.25) is 0 Å². The van der Waals surface area contributed by atoms with Crippen LogP contribution in [0.15, 0.2) is 42.5 Å². The first-order chi connectivity index (χ1) is 16.3. The molecule has 0 N–H and O–H groups in total. The van der Waals surface area contributed by atoms with Crippen LogP contribution >= 0.6 is 38.9 Å². The van der Waals surface area contributed by atoms with Crippen molar-refractivity contribution in [2.75, 3.05) is 18.1 Å². The Labute approximate surface area is 213 Å². The predicted octanol–water partition coefficient (Wildman–Crippen LogP) is 7.58. The highest BCUT2D eigenvalue weighted by atomic mass is 79.9. The van der Waals surface area contributed by atoms with Gasteiger partial charge in [0.1, 0.15) is 16.6 Å². The molecule has 180 valence electrons. The minimum absolute atomic E-state index is 0.0323. The van der Waals surface area contributed by atoms with E-state index in [0.29, 0.717) is 15.5 Å². The number of esters is 1. The Morgan fingerprint density at radius 2 is 1.62 bits per heavy atom. The molecule has 34 heavy (non-hydrogen) atoms. The lowest BCUT2D eigenvalue weighted by atomic mass is 10.1. The standard InChI is InChI=1S/C24H21BrClF2NO4S/c1-3-32-23(30)20-16(12-25)21(14-8-10-15(26)11-9-14)34-22(20)29(24(31)33-4-2)13-17-18(27)6-5-7-19(17)28/h5-11H,3-4,12-13H2,1-2H3. The van der Waals surface area contributed by atoms with E-state index in [-0.39, 0.29) is 34.7 Å². The Morgan fingerprint density at radius 1 is 1.00 bits per heavy atom. The predicted molar refractivity (Wildman–Crippen MR) is 133 cm³/mol. The van der Waals surface area contributed by atoms with Gasteiger partial charge in [-0.05, 0) is 49.2 Å². The van der Waals surface area contributed by atoms with Gasteiger partial charge in [0, 0.05) is 20.8 Å². The SMILES string of the molecule is CCOC(=O)c1c(N(Cc2c(F)cccc2F)C(=O)OCC)sc(-c2ccc(Cl)cc2)c1CBr. The highest BCUT2D eigenvalue weighted by Crippen LogP contribution is 2.44. The van der Waals surface area contributed by atoms with Crippen molar-refractivity contribution < 1.29 is 27.8 Å². The van der Waals surface area contributed by atoms with Crippen molar-refractivity contribution in [1.29, 1.82) is 0 Å². The minimum Gasteiger partial charge on any atom is -0.462 e. The smallest absolute Gasteiger partial charge is 0.415 e. The number of carbonyl (C=O) groups excluding carboxylic acids is 2. The number of halogens is 4. The van der Waals surface area contributed by atoms with E-state index in [1.165, 1.54) is 6.07 Å². The summed E-state index contributed by atoms with van der Waals surface area (Å²) in [4.78, 5) is 27.7. The van der Waals surface area contributed by atoms with Crippen molar-refractivity contribution in [2.24, 2.45) is 0 Å². The van der Waals surface area contributed by atoms with Crippen LogP contribution in [-0.4, -0.2) is 25.3 Å². The first-order valence-electron chi connectivity index (χ1n) is 10.3. The van der Waals surface area contributed by atoms with Gasteiger partial charge in [-0.25, -0.2) is 18.4 Å². The molecule has 0 atom stereocenters. The van der Waals surface area contributed by atoms with Crippen molar-refractivity contribution in [2.45, 2.75) is 25.7 Å². The molecule has 3 aromatic rings. The number of nitrogens with zero attached hydrogens (tertiary/aromatic N) is 1. The quantitative estimate of drug-likeness (QED) is 0.206. The average molecular weight is 573 g/mol. The summed E-state index contributed by atoms with van der Waals surface area (Å²) in [5.74, 6) is -2.30. The van der Waals surface area contributed by atoms with Crippen LogP contribution in [0.1, 0.15) is 35.3 Å². The second-order valence-electron chi connectivity index (χ2n) is 6.94. The maximum Gasteiger partial charge on any atom is 0.415 e. The third kappa shape index (κ3) is 5.59. The van der Waals surface area contributed by atoms with Gasteiger partial charge in [-0.1, -0.05) is 45.7 Å². The van der Waals surface area contributed by atoms with E-state index in [2.05, 4.69) is 15.9 Å². The third-order valence-electron chi connectivity index (χ3n) is 4.82. The van der Waals surface area contributed by atoms with Gasteiger partial charge in [-0.15, -0.1) is 11.3 Å². The van der Waals surface area contributed by atoms with Crippen LogP contribution in [0.5, 0.6) is 0 Å². The summed E-state index contributed by atoms with van der Waals surface area (Å²) < 4.78 is 39.4. The van der Waals surface area contributed by atoms with E-state index in [0.717, 1.165) is 33.9 Å². The van der Waals surface area contributed by atoms with Crippen LogP contribution < -0.4 is 4.90 Å². The lowest BCUT2D eigenvalue weighted by Crippen LogP contribution is -2.32. The molecule has 1 amide bonds. The molecule has 3 rings (SSSR count). The number of benzene rings is 2. The van der Waals surface area contributed by atoms with Crippen LogP contribution in [0.4, 0.5) is 18.6 Å². The van der Waals surface area contributed by atoms with E-state index in [4.69, 9.17) is 21.1 Å². The van der Waals surface area contributed by atoms with E-state index in [9.17, 15) is 18.4 Å². The van der Waals surface area contributed by atoms with Gasteiger partial charge in [0.05, 0.1) is 25.3 Å². The first-order valence-corrected chi connectivity index (χ1v) is 12.7. The van der Waals surface area contributed by atoms with Gasteiger partial charge in [-0.2, -0.15) is 0 Å². The molecule has 0 aliphatic rings. The molecule has 0 radical (unpaired) electrons. The molecule has 0 saturated carbocycles. The van der Waals surface area contributed by atoms with E-state index in [1.54, 1.807) is 38.1 Å². The molecule has 0 aliphatic carbocycles. The molecule has 1 aromatic heterocycles. The maximum absolute atomic E-state index is 14.5. The number of hydrogen-bond donors (Lipinski definition) is 0. The number of thiophene rings is 1. The first kappa shape index (κ1) is 26.1. The molecule has 0 saturated heterocycles. The fourth-order valence-corrected chi connectivity index (χ4v) is 5.45. The van der Waals surface area contributed by atoms with Crippen LogP contribution in [0.3, 0.4) is 0 Å². The second-order valence-corrected chi connectivity index (χ2v) is 8.93. The molecule has 5 nitrogen and oxygen atoms in total. The molecule has 0 unspecified atom stereocenters. The van der Waals surface area contributed by atoms with Gasteiger partial charge >= 0.3 is 12.1 Å². The average Bonchev–Trinajstić information content (AvgIpc) is 3.19. The molecule has 0 fully saturated rings. The summed E-state index contributed by atoms with van der Waals surface area (Å²) in [5.41, 5.74) is 1.12. The molecular weight excluding hydrogens is 552 g/mol. The van der Waals surface area contributed by atoms with Crippen LogP contribution in [-0.2, 0) is 21.3 Å². The van der Waals surface area contributed by atoms with Gasteiger partial charge in [-0.3, -0.25) is 4.90 Å². The molecule has 2 aromatic carbocycles. The number of alkyl halides is 1. The fraction of sp³-hybridized carbons (Fsp3) is 0.250. The highest BCUT2D eigenvalue weighted by Gasteiger charge is 2.32. The van der Waals surface area contributed by atoms with Crippen molar-refractivity contribution in [3.8, 4) is 10.4 Å². The van der Waals surface area contributed by atoms with E-state index in [1.807, 2.05) is 0 Å². The van der Waals surface area contributed by atoms with Crippen molar-refractivity contribution in [3.63, 3.8) is 0 Å². The lowest BCUT2D eigenvalue weighted by Gasteiger charge is -2.22. The number of hydrogen-bond acceptors (Lipinski definition) is 5. The summed E-state index contributed by atoms with van der Waals surface area (Å²) in [6, 6.07) is 10.4. The molecule has 0 spiro atoms. The van der Waals surface area contributed by atoms with Crippen molar-refractivity contribution in [3.05, 3.63) is 75.8 Å². The summed E-state index contributed by atoms with van der Waals surface area (Å²) in [6.45, 7) is 2.93. The Kier molecular flexibility index (Phi) is 9.04. The van der Waals surface area contributed by atoms with Crippen molar-refractivity contribution in [1.82, 2.24) is 0 Å². The number of amides is 1. The number of ether oxygens (including phenoxy) is 2. The molecule has 1 heterocycles. The Bertz CT molecular complexity index is 1170. The molecular formula is C24H21BrClF2NO4S. The summed E-state index contributed by atoms with van der Waals surface area (Å²) in [7, 11) is 0. The third-order valence-corrected chi connectivity index (χ3v) is 6.94. The molecule has 0 aliphatic heterocycles. The summed E-state index contributed by atoms with van der Waals surface area (Å²) >= 11 is 10.6. The monoisotopic (exact) mass is 571 g/mol. The van der Waals surface area contributed by atoms with E-state index >= 15 is 0 Å². The van der Waals surface area contributed by atoms with Crippen LogP contribution in [0.25, 0.3) is 10.4 Å². The van der Waals surface area contributed by atoms with E-state index < -0.39 is 30.2 Å². The van der Waals surface area contributed by atoms with Gasteiger partial charge in [0.15, 0.2) is 0 Å². The zero-order valence-corrected chi connectivity index (χ0v) is 21.5. The normalized spacial score (nSPS) is 10.8. The molecule has 0 bridgehead atoms. The second kappa shape index (κ2) is 11.8. The lowest BCUT2D eigenvalue weighted by molar-refractivity contribution is 0.0527. The number of carbonyl (C=O) groups is 2. The summed E-state index contributed by atoms with van der Waals surface area (Å²) in [5, 5.41) is 0.967. The Hall–Kier alpha value is -2.49. The minimum atomic E-state index is -0.847. The highest BCUT2D eigenvalue weighted by molar-refractivity contribution is 9.08. The van der Waals surface area contributed by atoms with Crippen LogP contribution in [0, 0.1) is 11.6 Å². The molecule has 10 heteroatoms. The number of rotatable bonds is 8. The zero-order chi connectivity index (χ0) is 24.8. The zero-order valence-electron chi connectivity index (χ0n) is 18.4. The van der Waals surface area contributed by atoms with Crippen molar-refractivity contribution >= 4 is 55.9 Å². The fourth-order valence-electron chi connectivity index (χ4n) is 3.28. The van der Waals surface area contributed by atoms with Gasteiger partial charge < -0.3 is 9.47 Å². The Balaban J connectivity index is 2.25. The van der Waals surface area contributed by atoms with Crippen LogP contribution in [0.2, 0.25) is 5.02 Å². The topological polar surface area (TPSA) is 55.8 Å². The van der Waals surface area contributed by atoms with Gasteiger partial charge in [0.25, 0.3) is 0 Å².